The molecular formula is C12H17FN2O. The van der Waals surface area contributed by atoms with Gasteiger partial charge in [0.15, 0.2) is 0 Å². The van der Waals surface area contributed by atoms with Crippen molar-refractivity contribution in [2.75, 3.05) is 25.9 Å². The standard InChI is InChI=1S/C12H17FN2O/c1-15-6-5-8(7-15)12(16)9-3-2-4-10(13)11(9)14/h2-4,8,12,16H,5-7,14H2,1H3. The van der Waals surface area contributed by atoms with E-state index in [1.807, 2.05) is 7.05 Å². The highest BCUT2D eigenvalue weighted by Gasteiger charge is 2.28. The molecule has 1 aliphatic heterocycles. The second kappa shape index (κ2) is 4.39. The number of rotatable bonds is 2. The summed E-state index contributed by atoms with van der Waals surface area (Å²) in [7, 11) is 2.02. The monoisotopic (exact) mass is 224 g/mol. The van der Waals surface area contributed by atoms with Crippen LogP contribution in [0.4, 0.5) is 10.1 Å². The van der Waals surface area contributed by atoms with Gasteiger partial charge >= 0.3 is 0 Å². The Balaban J connectivity index is 2.20. The first kappa shape index (κ1) is 11.4. The maximum absolute atomic E-state index is 13.3. The second-order valence-corrected chi connectivity index (χ2v) is 4.50. The molecule has 1 saturated heterocycles. The zero-order valence-electron chi connectivity index (χ0n) is 9.36. The summed E-state index contributed by atoms with van der Waals surface area (Å²) in [4.78, 5) is 2.16. The van der Waals surface area contributed by atoms with Gasteiger partial charge in [0.1, 0.15) is 5.82 Å². The lowest BCUT2D eigenvalue weighted by atomic mass is 9.94. The van der Waals surface area contributed by atoms with Gasteiger partial charge < -0.3 is 15.7 Å². The fourth-order valence-corrected chi connectivity index (χ4v) is 2.29. The molecular weight excluding hydrogens is 207 g/mol. The molecule has 0 amide bonds. The SMILES string of the molecule is CN1CCC(C(O)c2cccc(F)c2N)C1. The number of hydrogen-bond donors (Lipinski definition) is 2. The van der Waals surface area contributed by atoms with E-state index in [0.29, 0.717) is 5.56 Å². The summed E-state index contributed by atoms with van der Waals surface area (Å²) in [5.74, 6) is -0.308. The predicted octanol–water partition coefficient (Wildman–Crippen LogP) is 1.39. The number of likely N-dealkylation sites (tertiary alicyclic amines) is 1. The van der Waals surface area contributed by atoms with E-state index in [9.17, 15) is 9.50 Å². The van der Waals surface area contributed by atoms with Crippen molar-refractivity contribution in [2.45, 2.75) is 12.5 Å². The van der Waals surface area contributed by atoms with Gasteiger partial charge in [-0.2, -0.15) is 0 Å². The fraction of sp³-hybridized carbons (Fsp3) is 0.500. The van der Waals surface area contributed by atoms with E-state index in [-0.39, 0.29) is 11.6 Å². The molecule has 3 nitrogen and oxygen atoms in total. The molecule has 4 heteroatoms. The van der Waals surface area contributed by atoms with Crippen LogP contribution in [0.15, 0.2) is 18.2 Å². The molecule has 2 atom stereocenters. The second-order valence-electron chi connectivity index (χ2n) is 4.50. The quantitative estimate of drug-likeness (QED) is 0.746. The van der Waals surface area contributed by atoms with Gasteiger partial charge in [-0.15, -0.1) is 0 Å². The van der Waals surface area contributed by atoms with Crippen molar-refractivity contribution in [1.82, 2.24) is 4.90 Å². The van der Waals surface area contributed by atoms with Crippen LogP contribution in [0.5, 0.6) is 0 Å². The van der Waals surface area contributed by atoms with Crippen molar-refractivity contribution in [2.24, 2.45) is 5.92 Å². The number of hydrogen-bond acceptors (Lipinski definition) is 3. The van der Waals surface area contributed by atoms with Crippen molar-refractivity contribution in [3.8, 4) is 0 Å². The molecule has 2 rings (SSSR count). The van der Waals surface area contributed by atoms with Crippen molar-refractivity contribution >= 4 is 5.69 Å². The summed E-state index contributed by atoms with van der Waals surface area (Å²) in [6.07, 6.45) is 0.258. The van der Waals surface area contributed by atoms with Gasteiger partial charge in [-0.05, 0) is 26.1 Å². The van der Waals surface area contributed by atoms with Crippen molar-refractivity contribution in [3.63, 3.8) is 0 Å². The highest BCUT2D eigenvalue weighted by Crippen LogP contribution is 2.33. The normalized spacial score (nSPS) is 23.6. The third kappa shape index (κ3) is 2.03. The first-order valence-electron chi connectivity index (χ1n) is 5.50. The molecule has 0 saturated carbocycles. The molecule has 1 fully saturated rings. The molecule has 0 aliphatic carbocycles. The Bertz CT molecular complexity index is 383. The fourth-order valence-electron chi connectivity index (χ4n) is 2.29. The van der Waals surface area contributed by atoms with Crippen molar-refractivity contribution in [1.29, 1.82) is 0 Å². The lowest BCUT2D eigenvalue weighted by Gasteiger charge is -2.20. The number of anilines is 1. The minimum Gasteiger partial charge on any atom is -0.396 e. The highest BCUT2D eigenvalue weighted by molar-refractivity contribution is 5.49. The van der Waals surface area contributed by atoms with E-state index in [1.165, 1.54) is 6.07 Å². The zero-order chi connectivity index (χ0) is 11.7. The molecule has 0 aromatic heterocycles. The average molecular weight is 224 g/mol. The van der Waals surface area contributed by atoms with Gasteiger partial charge in [-0.25, -0.2) is 4.39 Å². The lowest BCUT2D eigenvalue weighted by molar-refractivity contribution is 0.113. The van der Waals surface area contributed by atoms with Gasteiger partial charge in [0.2, 0.25) is 0 Å². The molecule has 16 heavy (non-hydrogen) atoms. The predicted molar refractivity (Wildman–Crippen MR) is 61.4 cm³/mol. The number of benzene rings is 1. The van der Waals surface area contributed by atoms with Crippen LogP contribution >= 0.6 is 0 Å². The smallest absolute Gasteiger partial charge is 0.146 e. The molecule has 1 heterocycles. The average Bonchev–Trinajstić information content (AvgIpc) is 2.68. The first-order chi connectivity index (χ1) is 7.59. The number of para-hydroxylation sites is 1. The van der Waals surface area contributed by atoms with Gasteiger partial charge in [0.05, 0.1) is 11.8 Å². The number of halogens is 1. The zero-order valence-corrected chi connectivity index (χ0v) is 9.36. The van der Waals surface area contributed by atoms with Crippen LogP contribution in [0.1, 0.15) is 18.1 Å². The molecule has 1 aliphatic rings. The van der Waals surface area contributed by atoms with E-state index in [1.54, 1.807) is 12.1 Å². The minimum atomic E-state index is -0.666. The van der Waals surface area contributed by atoms with Gasteiger partial charge in [-0.3, -0.25) is 0 Å². The Labute approximate surface area is 94.7 Å². The van der Waals surface area contributed by atoms with Crippen LogP contribution in [0, 0.1) is 11.7 Å². The summed E-state index contributed by atoms with van der Waals surface area (Å²) in [5.41, 5.74) is 6.22. The Hall–Kier alpha value is -1.13. The van der Waals surface area contributed by atoms with E-state index >= 15 is 0 Å². The number of nitrogen functional groups attached to an aromatic ring is 1. The van der Waals surface area contributed by atoms with Gasteiger partial charge in [0, 0.05) is 18.0 Å². The van der Waals surface area contributed by atoms with E-state index in [2.05, 4.69) is 4.90 Å². The van der Waals surface area contributed by atoms with Gasteiger partial charge in [0.25, 0.3) is 0 Å². The summed E-state index contributed by atoms with van der Waals surface area (Å²) in [5, 5.41) is 10.2. The summed E-state index contributed by atoms with van der Waals surface area (Å²) >= 11 is 0. The largest absolute Gasteiger partial charge is 0.396 e. The third-order valence-corrected chi connectivity index (χ3v) is 3.28. The lowest BCUT2D eigenvalue weighted by Crippen LogP contribution is -2.19. The molecule has 1 aromatic rings. The Morgan fingerprint density at radius 1 is 1.56 bits per heavy atom. The Morgan fingerprint density at radius 3 is 2.94 bits per heavy atom. The van der Waals surface area contributed by atoms with Crippen LogP contribution < -0.4 is 5.73 Å². The molecule has 3 N–H and O–H groups in total. The van der Waals surface area contributed by atoms with Crippen LogP contribution in [-0.2, 0) is 0 Å². The molecule has 0 radical (unpaired) electrons. The van der Waals surface area contributed by atoms with Crippen LogP contribution in [0.25, 0.3) is 0 Å². The van der Waals surface area contributed by atoms with Crippen LogP contribution in [0.2, 0.25) is 0 Å². The molecule has 1 aromatic carbocycles. The molecule has 2 unspecified atom stereocenters. The van der Waals surface area contributed by atoms with E-state index in [4.69, 9.17) is 5.73 Å². The Kier molecular flexibility index (Phi) is 3.12. The van der Waals surface area contributed by atoms with E-state index < -0.39 is 11.9 Å². The highest BCUT2D eigenvalue weighted by atomic mass is 19.1. The number of nitrogens with two attached hydrogens (primary N) is 1. The van der Waals surface area contributed by atoms with Crippen LogP contribution in [-0.4, -0.2) is 30.1 Å². The third-order valence-electron chi connectivity index (χ3n) is 3.28. The number of aliphatic hydroxyl groups is 1. The van der Waals surface area contributed by atoms with Crippen LogP contribution in [0.3, 0.4) is 0 Å². The van der Waals surface area contributed by atoms with Gasteiger partial charge in [-0.1, -0.05) is 12.1 Å². The molecule has 88 valence electrons. The van der Waals surface area contributed by atoms with E-state index in [0.717, 1.165) is 19.5 Å². The molecule has 0 bridgehead atoms. The summed E-state index contributed by atoms with van der Waals surface area (Å²) < 4.78 is 13.3. The van der Waals surface area contributed by atoms with Crippen molar-refractivity contribution < 1.29 is 9.50 Å². The Morgan fingerprint density at radius 2 is 2.31 bits per heavy atom. The first-order valence-corrected chi connectivity index (χ1v) is 5.50. The maximum atomic E-state index is 13.3. The number of aliphatic hydroxyl groups excluding tert-OH is 1. The minimum absolute atomic E-state index is 0.0737. The molecule has 0 spiro atoms. The topological polar surface area (TPSA) is 49.5 Å². The summed E-state index contributed by atoms with van der Waals surface area (Å²) in [6, 6.07) is 4.59. The summed E-state index contributed by atoms with van der Waals surface area (Å²) in [6.45, 7) is 1.80. The maximum Gasteiger partial charge on any atom is 0.146 e. The van der Waals surface area contributed by atoms with Crippen molar-refractivity contribution in [3.05, 3.63) is 29.6 Å². The number of nitrogens with zero attached hydrogens (tertiary/aromatic N) is 1.